The number of anilines is 1. The summed E-state index contributed by atoms with van der Waals surface area (Å²) >= 11 is 0. The Balaban J connectivity index is 2.32. The molecule has 0 bridgehead atoms. The zero-order valence-electron chi connectivity index (χ0n) is 11.8. The summed E-state index contributed by atoms with van der Waals surface area (Å²) in [5.41, 5.74) is 7.98. The van der Waals surface area contributed by atoms with Crippen molar-refractivity contribution < 1.29 is 8.42 Å². The van der Waals surface area contributed by atoms with E-state index in [1.807, 2.05) is 13.8 Å². The lowest BCUT2D eigenvalue weighted by Gasteiger charge is -2.30. The van der Waals surface area contributed by atoms with Crippen LogP contribution in [0.4, 0.5) is 5.69 Å². The number of benzene rings is 1. The van der Waals surface area contributed by atoms with Gasteiger partial charge < -0.3 is 5.73 Å². The molecule has 2 N–H and O–H groups in total. The first-order valence-electron chi connectivity index (χ1n) is 6.65. The molecule has 0 aromatic heterocycles. The molecule has 19 heavy (non-hydrogen) atoms. The van der Waals surface area contributed by atoms with Gasteiger partial charge in [-0.1, -0.05) is 6.42 Å². The smallest absolute Gasteiger partial charge is 0.243 e. The second-order valence-corrected chi connectivity index (χ2v) is 7.56. The summed E-state index contributed by atoms with van der Waals surface area (Å²) in [6, 6.07) is 3.37. The first kappa shape index (κ1) is 14.3. The maximum Gasteiger partial charge on any atom is 0.243 e. The lowest BCUT2D eigenvalue weighted by atomic mass is 9.86. The van der Waals surface area contributed by atoms with Gasteiger partial charge in [0.05, 0.1) is 4.90 Å². The summed E-state index contributed by atoms with van der Waals surface area (Å²) in [5.74, 6) is 0.516. The zero-order chi connectivity index (χ0) is 14.2. The van der Waals surface area contributed by atoms with E-state index >= 15 is 0 Å². The normalized spacial score (nSPS) is 16.6. The van der Waals surface area contributed by atoms with Gasteiger partial charge in [0.25, 0.3) is 0 Å². The quantitative estimate of drug-likeness (QED) is 0.862. The largest absolute Gasteiger partial charge is 0.399 e. The van der Waals surface area contributed by atoms with Gasteiger partial charge in [-0.15, -0.1) is 0 Å². The molecule has 4 nitrogen and oxygen atoms in total. The van der Waals surface area contributed by atoms with Crippen LogP contribution in [0.15, 0.2) is 17.0 Å². The standard InChI is InChI=1S/C14H22N2O2S/c1-10-7-13(15)8-14(11(10)2)19(17,18)16(3)9-12-5-4-6-12/h7-8,12H,4-6,9,15H2,1-3H3. The first-order valence-corrected chi connectivity index (χ1v) is 8.09. The van der Waals surface area contributed by atoms with Gasteiger partial charge in [0.15, 0.2) is 0 Å². The fourth-order valence-electron chi connectivity index (χ4n) is 2.43. The molecule has 1 aromatic carbocycles. The second-order valence-electron chi connectivity index (χ2n) is 5.54. The number of nitrogen functional groups attached to an aromatic ring is 1. The molecule has 5 heteroatoms. The van der Waals surface area contributed by atoms with Crippen molar-refractivity contribution in [3.05, 3.63) is 23.3 Å². The maximum absolute atomic E-state index is 12.6. The van der Waals surface area contributed by atoms with Gasteiger partial charge in [0.2, 0.25) is 10.0 Å². The molecule has 0 radical (unpaired) electrons. The van der Waals surface area contributed by atoms with Gasteiger partial charge >= 0.3 is 0 Å². The fourth-order valence-corrected chi connectivity index (χ4v) is 4.00. The van der Waals surface area contributed by atoms with Gasteiger partial charge in [0.1, 0.15) is 0 Å². The summed E-state index contributed by atoms with van der Waals surface area (Å²) in [6.45, 7) is 4.32. The number of rotatable bonds is 4. The van der Waals surface area contributed by atoms with Crippen LogP contribution in [0, 0.1) is 19.8 Å². The molecule has 0 spiro atoms. The Bertz CT molecular complexity index is 577. The lowest BCUT2D eigenvalue weighted by molar-refractivity contribution is 0.263. The van der Waals surface area contributed by atoms with Gasteiger partial charge in [-0.25, -0.2) is 12.7 Å². The molecule has 1 fully saturated rings. The molecule has 1 aliphatic carbocycles. The molecule has 2 rings (SSSR count). The number of hydrogen-bond donors (Lipinski definition) is 1. The van der Waals surface area contributed by atoms with Crippen LogP contribution < -0.4 is 5.73 Å². The van der Waals surface area contributed by atoms with Crippen molar-refractivity contribution in [1.82, 2.24) is 4.31 Å². The van der Waals surface area contributed by atoms with Crippen LogP contribution in [0.1, 0.15) is 30.4 Å². The molecule has 106 valence electrons. The van der Waals surface area contributed by atoms with Crippen molar-refractivity contribution in [2.24, 2.45) is 5.92 Å². The molecule has 0 amide bonds. The summed E-state index contributed by atoms with van der Waals surface area (Å²) in [4.78, 5) is 0.340. The number of nitrogens with two attached hydrogens (primary N) is 1. The molecule has 1 saturated carbocycles. The molecule has 0 unspecified atom stereocenters. The van der Waals surface area contributed by atoms with E-state index < -0.39 is 10.0 Å². The molecule has 0 saturated heterocycles. The van der Waals surface area contributed by atoms with Crippen LogP contribution in [-0.4, -0.2) is 26.3 Å². The van der Waals surface area contributed by atoms with Gasteiger partial charge in [-0.3, -0.25) is 0 Å². The molecule has 0 aliphatic heterocycles. The van der Waals surface area contributed by atoms with E-state index in [-0.39, 0.29) is 0 Å². The summed E-state index contributed by atoms with van der Waals surface area (Å²) in [6.07, 6.45) is 3.48. The number of hydrogen-bond acceptors (Lipinski definition) is 3. The van der Waals surface area contributed by atoms with E-state index in [0.717, 1.165) is 24.0 Å². The summed E-state index contributed by atoms with van der Waals surface area (Å²) < 4.78 is 26.7. The number of sulfonamides is 1. The highest BCUT2D eigenvalue weighted by molar-refractivity contribution is 7.89. The van der Waals surface area contributed by atoms with Gasteiger partial charge in [-0.2, -0.15) is 0 Å². The van der Waals surface area contributed by atoms with Gasteiger partial charge in [0, 0.05) is 19.3 Å². The molecular formula is C14H22N2O2S. The van der Waals surface area contributed by atoms with E-state index in [9.17, 15) is 8.42 Å². The Morgan fingerprint density at radius 3 is 2.47 bits per heavy atom. The predicted molar refractivity (Wildman–Crippen MR) is 77.5 cm³/mol. The van der Waals surface area contributed by atoms with Crippen LogP contribution in [0.5, 0.6) is 0 Å². The topological polar surface area (TPSA) is 63.4 Å². The highest BCUT2D eigenvalue weighted by Gasteiger charge is 2.28. The fraction of sp³-hybridized carbons (Fsp3) is 0.571. The lowest BCUT2D eigenvalue weighted by Crippen LogP contribution is -2.34. The SMILES string of the molecule is Cc1cc(N)cc(S(=O)(=O)N(C)CC2CCC2)c1C. The molecule has 1 aliphatic rings. The van der Waals surface area contributed by atoms with E-state index in [1.165, 1.54) is 10.7 Å². The Kier molecular flexibility index (Phi) is 3.87. The van der Waals surface area contributed by atoms with Crippen molar-refractivity contribution in [3.8, 4) is 0 Å². The predicted octanol–water partition coefficient (Wildman–Crippen LogP) is 2.31. The van der Waals surface area contributed by atoms with Gasteiger partial charge in [-0.05, 0) is 55.9 Å². The highest BCUT2D eigenvalue weighted by Crippen LogP contribution is 2.30. The molecule has 0 atom stereocenters. The van der Waals surface area contributed by atoms with E-state index in [1.54, 1.807) is 19.2 Å². The van der Waals surface area contributed by atoms with Crippen molar-refractivity contribution in [3.63, 3.8) is 0 Å². The van der Waals surface area contributed by atoms with E-state index in [4.69, 9.17) is 5.73 Å². The van der Waals surface area contributed by atoms with Crippen molar-refractivity contribution in [2.75, 3.05) is 19.3 Å². The average molecular weight is 282 g/mol. The Hall–Kier alpha value is -1.07. The Morgan fingerprint density at radius 1 is 1.32 bits per heavy atom. The first-order chi connectivity index (χ1) is 8.82. The van der Waals surface area contributed by atoms with E-state index in [0.29, 0.717) is 23.0 Å². The maximum atomic E-state index is 12.6. The van der Waals surface area contributed by atoms with Crippen molar-refractivity contribution in [1.29, 1.82) is 0 Å². The third-order valence-corrected chi connectivity index (χ3v) is 6.02. The average Bonchev–Trinajstić information content (AvgIpc) is 2.27. The number of aryl methyl sites for hydroxylation is 1. The summed E-state index contributed by atoms with van der Waals surface area (Å²) in [7, 11) is -1.77. The van der Waals surface area contributed by atoms with Crippen molar-refractivity contribution in [2.45, 2.75) is 38.0 Å². The molecule has 1 aromatic rings. The van der Waals surface area contributed by atoms with Crippen LogP contribution in [0.25, 0.3) is 0 Å². The third kappa shape index (κ3) is 2.77. The molecule has 0 heterocycles. The van der Waals surface area contributed by atoms with Crippen LogP contribution in [0.3, 0.4) is 0 Å². The van der Waals surface area contributed by atoms with E-state index in [2.05, 4.69) is 0 Å². The van der Waals surface area contributed by atoms with Crippen LogP contribution in [-0.2, 0) is 10.0 Å². The summed E-state index contributed by atoms with van der Waals surface area (Å²) in [5, 5.41) is 0. The Labute approximate surface area is 115 Å². The van der Waals surface area contributed by atoms with Crippen molar-refractivity contribution >= 4 is 15.7 Å². The Morgan fingerprint density at radius 2 is 1.95 bits per heavy atom. The monoisotopic (exact) mass is 282 g/mol. The minimum atomic E-state index is -3.43. The minimum absolute atomic E-state index is 0.340. The minimum Gasteiger partial charge on any atom is -0.399 e. The van der Waals surface area contributed by atoms with Crippen LogP contribution in [0.2, 0.25) is 0 Å². The highest BCUT2D eigenvalue weighted by atomic mass is 32.2. The number of nitrogens with zero attached hydrogens (tertiary/aromatic N) is 1. The third-order valence-electron chi connectivity index (χ3n) is 4.07. The zero-order valence-corrected chi connectivity index (χ0v) is 12.6. The second kappa shape index (κ2) is 5.13. The van der Waals surface area contributed by atoms with Crippen LogP contribution >= 0.6 is 0 Å². The molecular weight excluding hydrogens is 260 g/mol.